The van der Waals surface area contributed by atoms with Crippen molar-refractivity contribution in [3.05, 3.63) is 29.8 Å². The summed E-state index contributed by atoms with van der Waals surface area (Å²) >= 11 is 0. The van der Waals surface area contributed by atoms with Gasteiger partial charge in [-0.1, -0.05) is 26.0 Å². The number of nitrogens with zero attached hydrogens (tertiary/aromatic N) is 2. The molecule has 0 bridgehead atoms. The first-order chi connectivity index (χ1) is 11.5. The summed E-state index contributed by atoms with van der Waals surface area (Å²) in [6.45, 7) is 4.87. The molecule has 1 aliphatic heterocycles. The first kappa shape index (κ1) is 17.6. The highest BCUT2D eigenvalue weighted by Crippen LogP contribution is 2.21. The summed E-state index contributed by atoms with van der Waals surface area (Å²) in [5, 5.41) is 9.10. The van der Waals surface area contributed by atoms with Crippen molar-refractivity contribution in [2.45, 2.75) is 20.0 Å². The van der Waals surface area contributed by atoms with E-state index < -0.39 is 18.2 Å². The van der Waals surface area contributed by atoms with Gasteiger partial charge in [0.25, 0.3) is 0 Å². The van der Waals surface area contributed by atoms with Crippen LogP contribution in [0.1, 0.15) is 19.4 Å². The molecule has 7 nitrogen and oxygen atoms in total. The third-order valence-electron chi connectivity index (χ3n) is 3.55. The molecule has 1 aliphatic rings. The minimum Gasteiger partial charge on any atom is -0.477 e. The maximum Gasteiger partial charge on any atom is 0.410 e. The molecule has 0 saturated carbocycles. The van der Waals surface area contributed by atoms with Crippen LogP contribution < -0.4 is 4.74 Å². The predicted octanol–water partition coefficient (Wildman–Crippen LogP) is 1.96. The number of ether oxygens (including phenoxy) is 3. The minimum absolute atomic E-state index is 0.0699. The average Bonchev–Trinajstić information content (AvgIpc) is 2.97. The molecule has 0 unspecified atom stereocenters. The van der Waals surface area contributed by atoms with Crippen LogP contribution in [0.5, 0.6) is 5.75 Å². The highest BCUT2D eigenvalue weighted by molar-refractivity contribution is 5.75. The van der Waals surface area contributed by atoms with Crippen molar-refractivity contribution in [2.24, 2.45) is 5.92 Å². The first-order valence-corrected chi connectivity index (χ1v) is 7.77. The number of benzene rings is 1. The van der Waals surface area contributed by atoms with Gasteiger partial charge in [0.2, 0.25) is 0 Å². The lowest BCUT2D eigenvalue weighted by atomic mass is 10.1. The number of para-hydroxylation sites is 1. The number of rotatable bonds is 7. The van der Waals surface area contributed by atoms with Crippen molar-refractivity contribution < 1.29 is 23.8 Å². The summed E-state index contributed by atoms with van der Waals surface area (Å²) in [5.41, 5.74) is 0.357. The molecular formula is C17H20N2O5. The first-order valence-electron chi connectivity index (χ1n) is 7.77. The van der Waals surface area contributed by atoms with Gasteiger partial charge in [-0.15, -0.1) is 0 Å². The normalized spacial score (nSPS) is 14.9. The SMILES string of the molecule is CC(C)[C@@H](Oc1ccccc1C#N)C(=O)OCCN1CCOC1=O. The Bertz CT molecular complexity index is 638. The molecule has 0 aromatic heterocycles. The highest BCUT2D eigenvalue weighted by Gasteiger charge is 2.28. The summed E-state index contributed by atoms with van der Waals surface area (Å²) in [6, 6.07) is 8.75. The molecule has 1 amide bonds. The number of esters is 1. The van der Waals surface area contributed by atoms with Crippen molar-refractivity contribution >= 4 is 12.1 Å². The largest absolute Gasteiger partial charge is 0.477 e. The van der Waals surface area contributed by atoms with Crippen molar-refractivity contribution in [1.82, 2.24) is 4.90 Å². The van der Waals surface area contributed by atoms with Crippen LogP contribution in [-0.4, -0.2) is 49.4 Å². The molecule has 2 rings (SSSR count). The molecule has 1 atom stereocenters. The van der Waals surface area contributed by atoms with Gasteiger partial charge in [0, 0.05) is 5.92 Å². The monoisotopic (exact) mass is 332 g/mol. The van der Waals surface area contributed by atoms with Crippen molar-refractivity contribution in [2.75, 3.05) is 26.3 Å². The summed E-state index contributed by atoms with van der Waals surface area (Å²) in [4.78, 5) is 25.1. The fourth-order valence-electron chi connectivity index (χ4n) is 2.22. The molecule has 1 aromatic rings. The average molecular weight is 332 g/mol. The van der Waals surface area contributed by atoms with Crippen molar-refractivity contribution in [3.8, 4) is 11.8 Å². The number of hydrogen-bond donors (Lipinski definition) is 0. The molecule has 24 heavy (non-hydrogen) atoms. The second-order valence-corrected chi connectivity index (χ2v) is 5.66. The topological polar surface area (TPSA) is 88.9 Å². The van der Waals surface area contributed by atoms with Crippen LogP contribution in [0.15, 0.2) is 24.3 Å². The fraction of sp³-hybridized carbons (Fsp3) is 0.471. The van der Waals surface area contributed by atoms with E-state index in [0.717, 1.165) is 0 Å². The van der Waals surface area contributed by atoms with E-state index in [1.165, 1.54) is 4.90 Å². The number of cyclic esters (lactones) is 1. The molecule has 0 N–H and O–H groups in total. The van der Waals surface area contributed by atoms with Gasteiger partial charge in [-0.3, -0.25) is 0 Å². The van der Waals surface area contributed by atoms with Crippen LogP contribution in [0.2, 0.25) is 0 Å². The van der Waals surface area contributed by atoms with Gasteiger partial charge < -0.3 is 19.1 Å². The summed E-state index contributed by atoms with van der Waals surface area (Å²) in [6.07, 6.45) is -1.23. The van der Waals surface area contributed by atoms with E-state index in [2.05, 4.69) is 0 Å². The lowest BCUT2D eigenvalue weighted by molar-refractivity contribution is -0.154. The van der Waals surface area contributed by atoms with E-state index in [1.807, 2.05) is 19.9 Å². The molecule has 128 valence electrons. The number of carbonyl (C=O) groups excluding carboxylic acids is 2. The molecule has 0 radical (unpaired) electrons. The van der Waals surface area contributed by atoms with E-state index in [-0.39, 0.29) is 19.1 Å². The minimum atomic E-state index is -0.829. The molecule has 1 heterocycles. The number of hydrogen-bond acceptors (Lipinski definition) is 6. The zero-order chi connectivity index (χ0) is 17.5. The Morgan fingerprint density at radius 3 is 2.79 bits per heavy atom. The van der Waals surface area contributed by atoms with Gasteiger partial charge in [-0.05, 0) is 12.1 Å². The Labute approximate surface area is 140 Å². The van der Waals surface area contributed by atoms with E-state index >= 15 is 0 Å². The molecule has 0 spiro atoms. The molecule has 0 aliphatic carbocycles. The Balaban J connectivity index is 1.93. The van der Waals surface area contributed by atoms with Crippen LogP contribution >= 0.6 is 0 Å². The number of nitriles is 1. The maximum absolute atomic E-state index is 12.3. The third-order valence-corrected chi connectivity index (χ3v) is 3.55. The van der Waals surface area contributed by atoms with E-state index in [9.17, 15) is 9.59 Å². The number of amides is 1. The zero-order valence-corrected chi connectivity index (χ0v) is 13.7. The summed E-state index contributed by atoms with van der Waals surface area (Å²) < 4.78 is 15.7. The van der Waals surface area contributed by atoms with Gasteiger partial charge in [-0.25, -0.2) is 9.59 Å². The second-order valence-electron chi connectivity index (χ2n) is 5.66. The van der Waals surface area contributed by atoms with Crippen LogP contribution in [0.4, 0.5) is 4.79 Å². The maximum atomic E-state index is 12.3. The van der Waals surface area contributed by atoms with Crippen LogP contribution in [0.25, 0.3) is 0 Å². The molecule has 1 fully saturated rings. The Morgan fingerprint density at radius 2 is 2.17 bits per heavy atom. The van der Waals surface area contributed by atoms with Crippen molar-refractivity contribution in [1.29, 1.82) is 5.26 Å². The Hall–Kier alpha value is -2.75. The lowest BCUT2D eigenvalue weighted by Crippen LogP contribution is -2.36. The third kappa shape index (κ3) is 4.38. The fourth-order valence-corrected chi connectivity index (χ4v) is 2.22. The van der Waals surface area contributed by atoms with Crippen LogP contribution in [0.3, 0.4) is 0 Å². The number of carbonyl (C=O) groups is 2. The van der Waals surface area contributed by atoms with Gasteiger partial charge in [0.15, 0.2) is 6.10 Å². The van der Waals surface area contributed by atoms with Crippen molar-refractivity contribution in [3.63, 3.8) is 0 Å². The van der Waals surface area contributed by atoms with E-state index in [0.29, 0.717) is 24.5 Å². The molecular weight excluding hydrogens is 312 g/mol. The summed E-state index contributed by atoms with van der Waals surface area (Å²) in [5.74, 6) is -0.315. The Morgan fingerprint density at radius 1 is 1.42 bits per heavy atom. The van der Waals surface area contributed by atoms with Gasteiger partial charge in [0.1, 0.15) is 25.0 Å². The second kappa shape index (κ2) is 8.20. The van der Waals surface area contributed by atoms with Crippen LogP contribution in [0, 0.1) is 17.2 Å². The summed E-state index contributed by atoms with van der Waals surface area (Å²) in [7, 11) is 0. The van der Waals surface area contributed by atoms with Gasteiger partial charge >= 0.3 is 12.1 Å². The van der Waals surface area contributed by atoms with Gasteiger partial charge in [-0.2, -0.15) is 5.26 Å². The molecule has 7 heteroatoms. The predicted molar refractivity (Wildman–Crippen MR) is 84.3 cm³/mol. The van der Waals surface area contributed by atoms with Gasteiger partial charge in [0.05, 0.1) is 18.7 Å². The quantitative estimate of drug-likeness (QED) is 0.709. The standard InChI is InChI=1S/C17H20N2O5/c1-12(2)15(24-14-6-4-3-5-13(14)11-18)16(20)22-9-7-19-8-10-23-17(19)21/h3-6,12,15H,7-10H2,1-2H3/t15-/m1/s1. The van der Waals surface area contributed by atoms with E-state index in [1.54, 1.807) is 24.3 Å². The zero-order valence-electron chi connectivity index (χ0n) is 13.7. The molecule has 1 saturated heterocycles. The van der Waals surface area contributed by atoms with E-state index in [4.69, 9.17) is 19.5 Å². The lowest BCUT2D eigenvalue weighted by Gasteiger charge is -2.22. The molecule has 1 aromatic carbocycles. The van der Waals surface area contributed by atoms with Crippen LogP contribution in [-0.2, 0) is 14.3 Å². The smallest absolute Gasteiger partial charge is 0.410 e. The highest BCUT2D eigenvalue weighted by atomic mass is 16.6. The Kier molecular flexibility index (Phi) is 6.01.